The van der Waals surface area contributed by atoms with Crippen molar-refractivity contribution in [2.24, 2.45) is 10.8 Å². The lowest BCUT2D eigenvalue weighted by atomic mass is 10.1. The third kappa shape index (κ3) is 2.24. The normalized spacial score (nSPS) is 19.2. The number of carbonyl (C=O) groups is 1. The molecule has 0 saturated heterocycles. The second-order valence-electron chi connectivity index (χ2n) is 5.84. The van der Waals surface area contributed by atoms with Gasteiger partial charge in [-0.2, -0.15) is 0 Å². The smallest absolute Gasteiger partial charge is 0.274 e. The van der Waals surface area contributed by atoms with Gasteiger partial charge in [0.05, 0.1) is 0 Å². The highest BCUT2D eigenvalue weighted by Gasteiger charge is 2.35. The number of rotatable bonds is 1. The van der Waals surface area contributed by atoms with Crippen LogP contribution in [-0.4, -0.2) is 22.9 Å². The molecule has 3 aliphatic rings. The molecule has 2 aliphatic heterocycles. The van der Waals surface area contributed by atoms with Crippen LogP contribution in [0.3, 0.4) is 0 Å². The third-order valence-corrected chi connectivity index (χ3v) is 5.41. The molecule has 0 saturated carbocycles. The van der Waals surface area contributed by atoms with E-state index < -0.39 is 0 Å². The molecule has 6 nitrogen and oxygen atoms in total. The molecule has 1 unspecified atom stereocenters. The number of benzene rings is 2. The van der Waals surface area contributed by atoms with Gasteiger partial charge in [-0.3, -0.25) is 4.79 Å². The Labute approximate surface area is 147 Å². The molecule has 2 aromatic rings. The summed E-state index contributed by atoms with van der Waals surface area (Å²) < 4.78 is 10.6. The van der Waals surface area contributed by atoms with Gasteiger partial charge in [0.25, 0.3) is 5.91 Å². The van der Waals surface area contributed by atoms with Gasteiger partial charge in [-0.05, 0) is 35.4 Å². The summed E-state index contributed by atoms with van der Waals surface area (Å²) in [5, 5.41) is 1.60. The molecule has 7 heteroatoms. The second-order valence-corrected chi connectivity index (χ2v) is 6.88. The maximum absolute atomic E-state index is 12.7. The average molecular weight is 351 g/mol. The van der Waals surface area contributed by atoms with Gasteiger partial charge >= 0.3 is 0 Å². The maximum Gasteiger partial charge on any atom is 0.274 e. The summed E-state index contributed by atoms with van der Waals surface area (Å²) in [7, 11) is 0. The van der Waals surface area contributed by atoms with Crippen molar-refractivity contribution in [2.45, 2.75) is 6.04 Å². The molecule has 5 rings (SSSR count). The zero-order valence-corrected chi connectivity index (χ0v) is 13.8. The fourth-order valence-corrected chi connectivity index (χ4v) is 4.13. The highest BCUT2D eigenvalue weighted by Crippen LogP contribution is 2.48. The number of amidine groups is 1. The van der Waals surface area contributed by atoms with Crippen molar-refractivity contribution in [1.29, 1.82) is 0 Å². The van der Waals surface area contributed by atoms with Crippen LogP contribution in [0, 0.1) is 0 Å². The van der Waals surface area contributed by atoms with E-state index in [9.17, 15) is 4.79 Å². The second kappa shape index (κ2) is 5.37. The predicted octanol–water partition coefficient (Wildman–Crippen LogP) is 2.93. The van der Waals surface area contributed by atoms with Crippen molar-refractivity contribution >= 4 is 28.9 Å². The van der Waals surface area contributed by atoms with Crippen molar-refractivity contribution in [3.8, 4) is 11.5 Å². The van der Waals surface area contributed by atoms with Gasteiger partial charge in [-0.15, -0.1) is 0 Å². The summed E-state index contributed by atoms with van der Waals surface area (Å²) >= 11 is 1.43. The lowest BCUT2D eigenvalue weighted by Gasteiger charge is -2.15. The van der Waals surface area contributed by atoms with E-state index in [-0.39, 0.29) is 18.7 Å². The van der Waals surface area contributed by atoms with Gasteiger partial charge in [0.15, 0.2) is 16.7 Å². The van der Waals surface area contributed by atoms with Gasteiger partial charge < -0.3 is 9.47 Å². The lowest BCUT2D eigenvalue weighted by Crippen LogP contribution is -2.40. The number of hydrogen-bond acceptors (Lipinski definition) is 6. The zero-order chi connectivity index (χ0) is 17.0. The largest absolute Gasteiger partial charge is 0.454 e. The number of nitrogens with zero attached hydrogens (tertiary/aromatic N) is 2. The summed E-state index contributed by atoms with van der Waals surface area (Å²) in [6.07, 6.45) is 2.10. The van der Waals surface area contributed by atoms with Crippen molar-refractivity contribution in [3.05, 3.63) is 64.1 Å². The Morgan fingerprint density at radius 2 is 2.04 bits per heavy atom. The summed E-state index contributed by atoms with van der Waals surface area (Å²) in [5.41, 5.74) is 2.74. The predicted molar refractivity (Wildman–Crippen MR) is 95.1 cm³/mol. The molecule has 0 bridgehead atoms. The standard InChI is InChI=1S/C18H13N3O3S/c19-21(17(22)11-5-6-13-14(7-11)24-9-23-13)18-20-16-12-4-2-1-3-10(12)8-15(16)25-18/h1-8,16H,9,19H2. The summed E-state index contributed by atoms with van der Waals surface area (Å²) in [5.74, 6) is 6.90. The number of ether oxygens (including phenoxy) is 2. The molecule has 1 amide bonds. The molecular formula is C18H13N3O3S. The van der Waals surface area contributed by atoms with Crippen LogP contribution >= 0.6 is 11.8 Å². The minimum absolute atomic E-state index is 0.0631. The molecule has 0 aromatic heterocycles. The number of amides is 1. The van der Waals surface area contributed by atoms with Crippen molar-refractivity contribution in [3.63, 3.8) is 0 Å². The van der Waals surface area contributed by atoms with E-state index in [4.69, 9.17) is 15.3 Å². The van der Waals surface area contributed by atoms with E-state index in [2.05, 4.69) is 23.2 Å². The van der Waals surface area contributed by atoms with E-state index in [1.807, 2.05) is 12.1 Å². The molecule has 2 aromatic carbocycles. The zero-order valence-electron chi connectivity index (χ0n) is 13.0. The molecule has 0 spiro atoms. The number of hydrogen-bond donors (Lipinski definition) is 1. The minimum Gasteiger partial charge on any atom is -0.454 e. The number of nitrogens with two attached hydrogens (primary N) is 1. The number of hydrazine groups is 1. The molecule has 1 aliphatic carbocycles. The van der Waals surface area contributed by atoms with Gasteiger partial charge in [0.2, 0.25) is 6.79 Å². The Bertz CT molecular complexity index is 970. The fourth-order valence-electron chi connectivity index (χ4n) is 3.10. The quantitative estimate of drug-likeness (QED) is 0.486. The fraction of sp³-hybridized carbons (Fsp3) is 0.111. The number of thioether (sulfide) groups is 1. The summed E-state index contributed by atoms with van der Waals surface area (Å²) in [6, 6.07) is 13.1. The Kier molecular flexibility index (Phi) is 3.13. The Balaban J connectivity index is 1.41. The van der Waals surface area contributed by atoms with E-state index in [0.717, 1.165) is 15.5 Å². The highest BCUT2D eigenvalue weighted by molar-refractivity contribution is 8.17. The first-order chi connectivity index (χ1) is 12.2. The monoisotopic (exact) mass is 351 g/mol. The van der Waals surface area contributed by atoms with E-state index in [1.54, 1.807) is 18.2 Å². The third-order valence-electron chi connectivity index (χ3n) is 4.35. The first-order valence-corrected chi connectivity index (χ1v) is 8.57. The first-order valence-electron chi connectivity index (χ1n) is 7.76. The Morgan fingerprint density at radius 1 is 1.20 bits per heavy atom. The van der Waals surface area contributed by atoms with Gasteiger partial charge in [-0.25, -0.2) is 15.8 Å². The lowest BCUT2D eigenvalue weighted by molar-refractivity contribution is 0.0850. The Hall–Kier alpha value is -2.77. The average Bonchev–Trinajstić information content (AvgIpc) is 3.33. The molecule has 1 atom stereocenters. The molecule has 0 fully saturated rings. The van der Waals surface area contributed by atoms with Crippen LogP contribution in [0.5, 0.6) is 11.5 Å². The van der Waals surface area contributed by atoms with Crippen LogP contribution in [0.2, 0.25) is 0 Å². The van der Waals surface area contributed by atoms with Crippen LogP contribution < -0.4 is 15.3 Å². The van der Waals surface area contributed by atoms with Crippen LogP contribution in [0.1, 0.15) is 27.5 Å². The van der Waals surface area contributed by atoms with Crippen molar-refractivity contribution in [2.75, 3.05) is 6.79 Å². The van der Waals surface area contributed by atoms with E-state index in [0.29, 0.717) is 22.2 Å². The van der Waals surface area contributed by atoms with Crippen LogP contribution in [0.25, 0.3) is 6.08 Å². The SMILES string of the molecule is NN(C(=O)c1ccc2c(c1)OCO2)C1=NC2C(=Cc3ccccc32)S1. The molecule has 2 N–H and O–H groups in total. The van der Waals surface area contributed by atoms with Crippen molar-refractivity contribution < 1.29 is 14.3 Å². The molecule has 2 heterocycles. The molecule has 124 valence electrons. The molecule has 0 radical (unpaired) electrons. The van der Waals surface area contributed by atoms with Crippen molar-refractivity contribution in [1.82, 2.24) is 5.01 Å². The minimum atomic E-state index is -0.335. The van der Waals surface area contributed by atoms with Gasteiger partial charge in [0.1, 0.15) is 6.04 Å². The van der Waals surface area contributed by atoms with Crippen LogP contribution in [-0.2, 0) is 0 Å². The number of aliphatic imine (C=N–C) groups is 1. The maximum atomic E-state index is 12.7. The first kappa shape index (κ1) is 14.6. The molecule has 25 heavy (non-hydrogen) atoms. The number of fused-ring (bicyclic) bond motifs is 4. The topological polar surface area (TPSA) is 77.2 Å². The molecular weight excluding hydrogens is 338 g/mol. The number of carbonyl (C=O) groups excluding carboxylic acids is 1. The highest BCUT2D eigenvalue weighted by atomic mass is 32.2. The van der Waals surface area contributed by atoms with E-state index >= 15 is 0 Å². The summed E-state index contributed by atoms with van der Waals surface area (Å²) in [4.78, 5) is 18.4. The van der Waals surface area contributed by atoms with E-state index in [1.165, 1.54) is 17.3 Å². The Morgan fingerprint density at radius 3 is 2.96 bits per heavy atom. The van der Waals surface area contributed by atoms with Crippen LogP contribution in [0.4, 0.5) is 0 Å². The van der Waals surface area contributed by atoms with Gasteiger partial charge in [0, 0.05) is 10.5 Å². The van der Waals surface area contributed by atoms with Crippen LogP contribution in [0.15, 0.2) is 52.4 Å². The van der Waals surface area contributed by atoms with Gasteiger partial charge in [-0.1, -0.05) is 36.0 Å². The summed E-state index contributed by atoms with van der Waals surface area (Å²) in [6.45, 7) is 0.164.